The van der Waals surface area contributed by atoms with Gasteiger partial charge < -0.3 is 9.64 Å². The SMILES string of the molecule is C=CC[C@@]12C=C[C@H](C)C[C@@]1(c1cccc(OC)c1)CCN(C)C2=O. The lowest BCUT2D eigenvalue weighted by atomic mass is 9.49. The van der Waals surface area contributed by atoms with Gasteiger partial charge in [-0.2, -0.15) is 0 Å². The van der Waals surface area contributed by atoms with E-state index in [9.17, 15) is 4.79 Å². The zero-order valence-electron chi connectivity index (χ0n) is 14.9. The van der Waals surface area contributed by atoms with E-state index in [0.29, 0.717) is 12.3 Å². The van der Waals surface area contributed by atoms with Gasteiger partial charge in [0.05, 0.1) is 12.5 Å². The zero-order valence-corrected chi connectivity index (χ0v) is 14.9. The van der Waals surface area contributed by atoms with Crippen LogP contribution >= 0.6 is 0 Å². The van der Waals surface area contributed by atoms with Crippen molar-refractivity contribution < 1.29 is 9.53 Å². The second-order valence-corrected chi connectivity index (χ2v) is 7.30. The molecular weight excluding hydrogens is 298 g/mol. The number of fused-ring (bicyclic) bond motifs is 1. The number of carbonyl (C=O) groups excluding carboxylic acids is 1. The number of hydrogen-bond donors (Lipinski definition) is 0. The highest BCUT2D eigenvalue weighted by Crippen LogP contribution is 2.58. The van der Waals surface area contributed by atoms with Crippen molar-refractivity contribution in [3.63, 3.8) is 0 Å². The molecule has 3 rings (SSSR count). The summed E-state index contributed by atoms with van der Waals surface area (Å²) in [5, 5.41) is 0. The van der Waals surface area contributed by atoms with E-state index in [1.165, 1.54) is 5.56 Å². The second kappa shape index (κ2) is 6.12. The first-order valence-electron chi connectivity index (χ1n) is 8.69. The molecule has 1 fully saturated rings. The van der Waals surface area contributed by atoms with E-state index in [2.05, 4.69) is 37.8 Å². The molecule has 3 atom stereocenters. The molecule has 0 bridgehead atoms. The summed E-state index contributed by atoms with van der Waals surface area (Å²) in [4.78, 5) is 15.2. The third-order valence-electron chi connectivity index (χ3n) is 5.92. The summed E-state index contributed by atoms with van der Waals surface area (Å²) in [7, 11) is 3.60. The van der Waals surface area contributed by atoms with Gasteiger partial charge in [0.15, 0.2) is 0 Å². The van der Waals surface area contributed by atoms with Crippen molar-refractivity contribution in [1.29, 1.82) is 0 Å². The summed E-state index contributed by atoms with van der Waals surface area (Å²) >= 11 is 0. The van der Waals surface area contributed by atoms with Crippen LogP contribution in [0.1, 0.15) is 31.7 Å². The highest BCUT2D eigenvalue weighted by Gasteiger charge is 2.59. The number of nitrogens with zero attached hydrogens (tertiary/aromatic N) is 1. The van der Waals surface area contributed by atoms with Crippen molar-refractivity contribution >= 4 is 5.91 Å². The first-order valence-corrected chi connectivity index (χ1v) is 8.69. The van der Waals surface area contributed by atoms with Crippen LogP contribution in [0.4, 0.5) is 0 Å². The Balaban J connectivity index is 2.24. The number of allylic oxidation sites excluding steroid dienone is 2. The summed E-state index contributed by atoms with van der Waals surface area (Å²) < 4.78 is 5.46. The first kappa shape index (κ1) is 16.8. The number of hydrogen-bond acceptors (Lipinski definition) is 2. The number of carbonyl (C=O) groups is 1. The van der Waals surface area contributed by atoms with Gasteiger partial charge in [-0.1, -0.05) is 37.3 Å². The molecule has 0 aromatic heterocycles. The molecule has 3 heteroatoms. The summed E-state index contributed by atoms with van der Waals surface area (Å²) in [6, 6.07) is 8.27. The lowest BCUT2D eigenvalue weighted by molar-refractivity contribution is -0.148. The van der Waals surface area contributed by atoms with Gasteiger partial charge in [0, 0.05) is 19.0 Å². The molecule has 1 aromatic carbocycles. The maximum atomic E-state index is 13.3. The number of methoxy groups -OCH3 is 1. The molecule has 0 radical (unpaired) electrons. The molecule has 24 heavy (non-hydrogen) atoms. The van der Waals surface area contributed by atoms with E-state index in [0.717, 1.165) is 25.1 Å². The minimum Gasteiger partial charge on any atom is -0.497 e. The van der Waals surface area contributed by atoms with Crippen LogP contribution in [0.5, 0.6) is 5.75 Å². The monoisotopic (exact) mass is 325 g/mol. The van der Waals surface area contributed by atoms with E-state index < -0.39 is 5.41 Å². The van der Waals surface area contributed by atoms with Gasteiger partial charge >= 0.3 is 0 Å². The van der Waals surface area contributed by atoms with Crippen LogP contribution in [0.2, 0.25) is 0 Å². The molecule has 2 aliphatic rings. The fourth-order valence-electron chi connectivity index (χ4n) is 4.71. The van der Waals surface area contributed by atoms with Crippen LogP contribution in [0.25, 0.3) is 0 Å². The van der Waals surface area contributed by atoms with Gasteiger partial charge in [0.2, 0.25) is 5.91 Å². The van der Waals surface area contributed by atoms with E-state index in [1.807, 2.05) is 30.2 Å². The Morgan fingerprint density at radius 1 is 1.46 bits per heavy atom. The van der Waals surface area contributed by atoms with Crippen molar-refractivity contribution in [3.8, 4) is 5.75 Å². The minimum atomic E-state index is -0.541. The molecule has 3 nitrogen and oxygen atoms in total. The Labute approximate surface area is 145 Å². The highest BCUT2D eigenvalue weighted by molar-refractivity contribution is 5.88. The summed E-state index contributed by atoms with van der Waals surface area (Å²) in [6.07, 6.45) is 8.87. The molecule has 128 valence electrons. The lowest BCUT2D eigenvalue weighted by Crippen LogP contribution is -2.61. The van der Waals surface area contributed by atoms with Crippen LogP contribution < -0.4 is 4.74 Å². The van der Waals surface area contributed by atoms with E-state index in [-0.39, 0.29) is 11.3 Å². The first-order chi connectivity index (χ1) is 11.5. The third kappa shape index (κ3) is 2.29. The van der Waals surface area contributed by atoms with Crippen LogP contribution in [0.15, 0.2) is 49.1 Å². The molecule has 0 N–H and O–H groups in total. The molecule has 1 saturated heterocycles. The van der Waals surface area contributed by atoms with Gasteiger partial charge in [0.1, 0.15) is 5.75 Å². The quantitative estimate of drug-likeness (QED) is 0.784. The van der Waals surface area contributed by atoms with Crippen molar-refractivity contribution in [1.82, 2.24) is 4.90 Å². The maximum Gasteiger partial charge on any atom is 0.233 e. The molecule has 1 aromatic rings. The predicted molar refractivity (Wildman–Crippen MR) is 97.1 cm³/mol. The molecule has 1 heterocycles. The molecule has 0 spiro atoms. The molecular formula is C21H27NO2. The van der Waals surface area contributed by atoms with Crippen LogP contribution in [-0.2, 0) is 10.2 Å². The topological polar surface area (TPSA) is 29.5 Å². The summed E-state index contributed by atoms with van der Waals surface area (Å²) in [6.45, 7) is 6.97. The second-order valence-electron chi connectivity index (χ2n) is 7.30. The number of likely N-dealkylation sites (tertiary alicyclic amines) is 1. The van der Waals surface area contributed by atoms with Gasteiger partial charge in [-0.15, -0.1) is 6.58 Å². The molecule has 0 unspecified atom stereocenters. The Morgan fingerprint density at radius 3 is 2.96 bits per heavy atom. The zero-order chi connectivity index (χ0) is 17.4. The Bertz CT molecular complexity index is 680. The normalized spacial score (nSPS) is 32.4. The van der Waals surface area contributed by atoms with Crippen molar-refractivity contribution in [2.24, 2.45) is 11.3 Å². The summed E-state index contributed by atoms with van der Waals surface area (Å²) in [5.41, 5.74) is 0.468. The number of benzene rings is 1. The number of amides is 1. The fraction of sp³-hybridized carbons (Fsp3) is 0.476. The van der Waals surface area contributed by atoms with E-state index in [1.54, 1.807) is 7.11 Å². The van der Waals surface area contributed by atoms with Gasteiger partial charge in [0.25, 0.3) is 0 Å². The van der Waals surface area contributed by atoms with Crippen molar-refractivity contribution in [2.45, 2.75) is 31.6 Å². The summed E-state index contributed by atoms with van der Waals surface area (Å²) in [5.74, 6) is 1.51. The molecule has 1 amide bonds. The smallest absolute Gasteiger partial charge is 0.233 e. The van der Waals surface area contributed by atoms with Gasteiger partial charge in [-0.25, -0.2) is 0 Å². The average Bonchev–Trinajstić information content (AvgIpc) is 2.60. The van der Waals surface area contributed by atoms with Crippen LogP contribution in [0, 0.1) is 11.3 Å². The largest absolute Gasteiger partial charge is 0.497 e. The van der Waals surface area contributed by atoms with Crippen LogP contribution in [-0.4, -0.2) is 31.5 Å². The van der Waals surface area contributed by atoms with Crippen molar-refractivity contribution in [3.05, 3.63) is 54.6 Å². The van der Waals surface area contributed by atoms with E-state index in [4.69, 9.17) is 4.74 Å². The highest BCUT2D eigenvalue weighted by atomic mass is 16.5. The van der Waals surface area contributed by atoms with Gasteiger partial charge in [-0.3, -0.25) is 4.79 Å². The third-order valence-corrected chi connectivity index (χ3v) is 5.92. The maximum absolute atomic E-state index is 13.3. The number of piperidine rings is 1. The Hall–Kier alpha value is -2.03. The van der Waals surface area contributed by atoms with Gasteiger partial charge in [-0.05, 0) is 42.9 Å². The molecule has 1 aliphatic carbocycles. The fourth-order valence-corrected chi connectivity index (χ4v) is 4.71. The van der Waals surface area contributed by atoms with Crippen molar-refractivity contribution in [2.75, 3.05) is 20.7 Å². The number of ether oxygens (including phenoxy) is 1. The predicted octanol–water partition coefficient (Wildman–Crippen LogP) is 3.95. The molecule has 1 aliphatic heterocycles. The Morgan fingerprint density at radius 2 is 2.25 bits per heavy atom. The lowest BCUT2D eigenvalue weighted by Gasteiger charge is -2.56. The average molecular weight is 325 g/mol. The minimum absolute atomic E-state index is 0.201. The molecule has 0 saturated carbocycles. The van der Waals surface area contributed by atoms with Crippen LogP contribution in [0.3, 0.4) is 0 Å². The Kier molecular flexibility index (Phi) is 4.29. The standard InChI is InChI=1S/C21H27NO2/c1-5-10-20-11-9-16(2)15-21(20,12-13-22(3)19(20)23)17-7-6-8-18(14-17)24-4/h5-9,11,14,16H,1,10,12-13,15H2,2-4H3/t16-,20-,21+/m0/s1. The number of rotatable bonds is 4. The van der Waals surface area contributed by atoms with E-state index >= 15 is 0 Å².